The number of nitrogens with one attached hydrogen (secondary N) is 1. The fraction of sp³-hybridized carbons (Fsp3) is 0.632. The molecule has 0 spiro atoms. The molecule has 3 atom stereocenters. The summed E-state index contributed by atoms with van der Waals surface area (Å²) in [6.07, 6.45) is 4.86. The highest BCUT2D eigenvalue weighted by atomic mass is 16.5. The zero-order chi connectivity index (χ0) is 16.2. The third-order valence-corrected chi connectivity index (χ3v) is 5.25. The van der Waals surface area contributed by atoms with Crippen molar-refractivity contribution in [2.75, 3.05) is 26.7 Å². The van der Waals surface area contributed by atoms with Gasteiger partial charge in [0.05, 0.1) is 13.2 Å². The predicted molar refractivity (Wildman–Crippen MR) is 91.4 cm³/mol. The van der Waals surface area contributed by atoms with Gasteiger partial charge in [0.15, 0.2) is 0 Å². The van der Waals surface area contributed by atoms with Gasteiger partial charge >= 0.3 is 0 Å². The Balaban J connectivity index is 1.68. The second-order valence-electron chi connectivity index (χ2n) is 6.95. The van der Waals surface area contributed by atoms with Crippen LogP contribution < -0.4 is 10.1 Å². The number of amides is 1. The lowest BCUT2D eigenvalue weighted by Gasteiger charge is -2.35. The maximum atomic E-state index is 12.2. The molecule has 2 fully saturated rings. The molecule has 1 saturated heterocycles. The highest BCUT2D eigenvalue weighted by Gasteiger charge is 2.39. The van der Waals surface area contributed by atoms with Gasteiger partial charge in [0.2, 0.25) is 5.91 Å². The van der Waals surface area contributed by atoms with Gasteiger partial charge in [-0.15, -0.1) is 0 Å². The van der Waals surface area contributed by atoms with E-state index in [2.05, 4.69) is 29.3 Å². The summed E-state index contributed by atoms with van der Waals surface area (Å²) < 4.78 is 5.26. The largest absolute Gasteiger partial charge is 0.497 e. The number of benzene rings is 1. The minimum atomic E-state index is 0.230. The van der Waals surface area contributed by atoms with Crippen LogP contribution >= 0.6 is 0 Å². The van der Waals surface area contributed by atoms with Crippen LogP contribution in [0.2, 0.25) is 0 Å². The van der Waals surface area contributed by atoms with E-state index in [4.69, 9.17) is 4.74 Å². The molecule has 0 aromatic heterocycles. The van der Waals surface area contributed by atoms with Crippen LogP contribution in [-0.4, -0.2) is 37.6 Å². The lowest BCUT2D eigenvalue weighted by molar-refractivity contribution is -0.122. The fourth-order valence-corrected chi connectivity index (χ4v) is 3.53. The maximum absolute atomic E-state index is 12.2. The highest BCUT2D eigenvalue weighted by Crippen LogP contribution is 2.37. The fourth-order valence-electron chi connectivity index (χ4n) is 3.53. The molecule has 1 aliphatic heterocycles. The molecular weight excluding hydrogens is 288 g/mol. The number of likely N-dealkylation sites (tertiary alicyclic amines) is 1. The molecule has 3 rings (SSSR count). The van der Waals surface area contributed by atoms with E-state index in [0.29, 0.717) is 12.5 Å². The number of methoxy groups -OCH3 is 1. The molecule has 2 aliphatic rings. The van der Waals surface area contributed by atoms with Crippen LogP contribution in [0.5, 0.6) is 5.75 Å². The molecule has 23 heavy (non-hydrogen) atoms. The van der Waals surface area contributed by atoms with Gasteiger partial charge in [0, 0.05) is 12.5 Å². The molecule has 1 amide bonds. The molecule has 1 heterocycles. The Bertz CT molecular complexity index is 523. The first kappa shape index (κ1) is 16.3. The van der Waals surface area contributed by atoms with E-state index in [1.165, 1.54) is 24.8 Å². The molecule has 0 radical (unpaired) electrons. The molecule has 1 aromatic carbocycles. The second kappa shape index (κ2) is 7.35. The van der Waals surface area contributed by atoms with Crippen LogP contribution in [0.1, 0.15) is 44.2 Å². The number of ether oxygens (including phenoxy) is 1. The average molecular weight is 316 g/mol. The molecule has 4 nitrogen and oxygen atoms in total. The van der Waals surface area contributed by atoms with Crippen LogP contribution in [0.15, 0.2) is 24.3 Å². The summed E-state index contributed by atoms with van der Waals surface area (Å²) in [5, 5.41) is 3.19. The van der Waals surface area contributed by atoms with Gasteiger partial charge in [-0.2, -0.15) is 0 Å². The number of hydrogen-bond acceptors (Lipinski definition) is 3. The van der Waals surface area contributed by atoms with Crippen LogP contribution in [-0.2, 0) is 4.79 Å². The van der Waals surface area contributed by atoms with E-state index in [9.17, 15) is 4.79 Å². The Labute approximate surface area is 139 Å². The van der Waals surface area contributed by atoms with E-state index in [1.807, 2.05) is 12.1 Å². The third kappa shape index (κ3) is 4.05. The van der Waals surface area contributed by atoms with Gasteiger partial charge in [-0.3, -0.25) is 9.69 Å². The third-order valence-electron chi connectivity index (χ3n) is 5.25. The van der Waals surface area contributed by atoms with Gasteiger partial charge in [-0.1, -0.05) is 25.5 Å². The minimum absolute atomic E-state index is 0.230. The van der Waals surface area contributed by atoms with E-state index in [1.54, 1.807) is 7.11 Å². The van der Waals surface area contributed by atoms with Crippen molar-refractivity contribution in [3.63, 3.8) is 0 Å². The predicted octanol–water partition coefficient (Wildman–Crippen LogP) is 2.99. The zero-order valence-electron chi connectivity index (χ0n) is 14.3. The first-order valence-corrected chi connectivity index (χ1v) is 8.84. The monoisotopic (exact) mass is 316 g/mol. The Morgan fingerprint density at radius 2 is 1.91 bits per heavy atom. The van der Waals surface area contributed by atoms with E-state index < -0.39 is 0 Å². The van der Waals surface area contributed by atoms with Crippen molar-refractivity contribution in [1.29, 1.82) is 0 Å². The van der Waals surface area contributed by atoms with Crippen molar-refractivity contribution >= 4 is 5.91 Å². The first-order chi connectivity index (χ1) is 11.2. The van der Waals surface area contributed by atoms with Crippen LogP contribution in [0, 0.1) is 11.8 Å². The zero-order valence-corrected chi connectivity index (χ0v) is 14.3. The quantitative estimate of drug-likeness (QED) is 0.877. The summed E-state index contributed by atoms with van der Waals surface area (Å²) in [4.78, 5) is 14.7. The summed E-state index contributed by atoms with van der Waals surface area (Å²) in [6.45, 7) is 5.09. The standard InChI is InChI=1S/C19H28N2O2/c1-14-12-17(14)19(22)20-13-18(21-10-4-3-5-11-21)15-6-8-16(23-2)9-7-15/h6-9,14,17-18H,3-5,10-13H2,1-2H3,(H,20,22)/t14-,17-,18-/m0/s1. The van der Waals surface area contributed by atoms with Gasteiger partial charge in [-0.05, 0) is 56.0 Å². The number of piperidine rings is 1. The molecule has 1 saturated carbocycles. The van der Waals surface area contributed by atoms with Crippen LogP contribution in [0.25, 0.3) is 0 Å². The summed E-state index contributed by atoms with van der Waals surface area (Å²) in [6, 6.07) is 8.54. The first-order valence-electron chi connectivity index (χ1n) is 8.84. The molecule has 1 N–H and O–H groups in total. The Morgan fingerprint density at radius 3 is 2.48 bits per heavy atom. The van der Waals surface area contributed by atoms with Gasteiger partial charge in [0.25, 0.3) is 0 Å². The topological polar surface area (TPSA) is 41.6 Å². The van der Waals surface area contributed by atoms with E-state index in [-0.39, 0.29) is 17.9 Å². The number of carbonyl (C=O) groups excluding carboxylic acids is 1. The lowest BCUT2D eigenvalue weighted by atomic mass is 10.0. The van der Waals surface area contributed by atoms with Gasteiger partial charge in [0.1, 0.15) is 5.75 Å². The van der Waals surface area contributed by atoms with Crippen LogP contribution in [0.3, 0.4) is 0 Å². The van der Waals surface area contributed by atoms with Crippen molar-refractivity contribution in [3.8, 4) is 5.75 Å². The normalized spacial score (nSPS) is 25.7. The molecular formula is C19H28N2O2. The number of carbonyl (C=O) groups is 1. The molecule has 1 aliphatic carbocycles. The Morgan fingerprint density at radius 1 is 1.26 bits per heavy atom. The average Bonchev–Trinajstić information content (AvgIpc) is 3.33. The minimum Gasteiger partial charge on any atom is -0.497 e. The van der Waals surface area contributed by atoms with Gasteiger partial charge < -0.3 is 10.1 Å². The second-order valence-corrected chi connectivity index (χ2v) is 6.95. The van der Waals surface area contributed by atoms with Crippen molar-refractivity contribution < 1.29 is 9.53 Å². The SMILES string of the molecule is COc1ccc([C@H](CNC(=O)[C@H]2C[C@@H]2C)N2CCCCC2)cc1. The molecule has 4 heteroatoms. The number of nitrogens with zero attached hydrogens (tertiary/aromatic N) is 1. The Hall–Kier alpha value is -1.55. The summed E-state index contributed by atoms with van der Waals surface area (Å²) in [5.74, 6) is 1.91. The summed E-state index contributed by atoms with van der Waals surface area (Å²) in [7, 11) is 1.69. The summed E-state index contributed by atoms with van der Waals surface area (Å²) >= 11 is 0. The van der Waals surface area contributed by atoms with Crippen LogP contribution in [0.4, 0.5) is 0 Å². The van der Waals surface area contributed by atoms with E-state index in [0.717, 1.165) is 25.3 Å². The van der Waals surface area contributed by atoms with Crippen molar-refractivity contribution in [3.05, 3.63) is 29.8 Å². The molecule has 1 aromatic rings. The number of rotatable bonds is 6. The molecule has 0 unspecified atom stereocenters. The van der Waals surface area contributed by atoms with Crippen molar-refractivity contribution in [1.82, 2.24) is 10.2 Å². The molecule has 0 bridgehead atoms. The highest BCUT2D eigenvalue weighted by molar-refractivity contribution is 5.81. The summed E-state index contributed by atoms with van der Waals surface area (Å²) in [5.41, 5.74) is 1.26. The van der Waals surface area contributed by atoms with Crippen molar-refractivity contribution in [2.24, 2.45) is 11.8 Å². The van der Waals surface area contributed by atoms with Gasteiger partial charge in [-0.25, -0.2) is 0 Å². The molecule has 126 valence electrons. The van der Waals surface area contributed by atoms with Crippen molar-refractivity contribution in [2.45, 2.75) is 38.6 Å². The maximum Gasteiger partial charge on any atom is 0.223 e. The lowest BCUT2D eigenvalue weighted by Crippen LogP contribution is -2.41. The number of hydrogen-bond donors (Lipinski definition) is 1. The smallest absolute Gasteiger partial charge is 0.223 e. The van der Waals surface area contributed by atoms with E-state index >= 15 is 0 Å². The Kier molecular flexibility index (Phi) is 5.21.